The summed E-state index contributed by atoms with van der Waals surface area (Å²) >= 11 is 8.06. The molecule has 4 aromatic rings. The molecule has 1 fully saturated rings. The number of ether oxygens (including phenoxy) is 1. The van der Waals surface area contributed by atoms with E-state index in [1.165, 1.54) is 16.7 Å². The number of anilines is 2. The third-order valence-corrected chi connectivity index (χ3v) is 10.1. The van der Waals surface area contributed by atoms with E-state index in [1.807, 2.05) is 30.3 Å². The highest BCUT2D eigenvalue weighted by Gasteiger charge is 2.56. The average molecular weight is 634 g/mol. The molecule has 9 nitrogen and oxygen atoms in total. The molecule has 43 heavy (non-hydrogen) atoms. The average Bonchev–Trinajstić information content (AvgIpc) is 3.45. The molecule has 3 amide bonds. The van der Waals surface area contributed by atoms with Gasteiger partial charge in [0, 0.05) is 21.5 Å². The second-order valence-corrected chi connectivity index (χ2v) is 12.5. The SMILES string of the molecule is CCOC(=O)c1ccc(N2C(=O)C3Sc4c(sc(=O)n4CC(=O)Nc4ccc(Cl)cc4)[C@H](c4ccccc4)C3C2=O)cc1. The fourth-order valence-corrected chi connectivity index (χ4v) is 8.27. The first kappa shape index (κ1) is 28.9. The van der Waals surface area contributed by atoms with Crippen LogP contribution in [-0.4, -0.2) is 40.1 Å². The Morgan fingerprint density at radius 1 is 0.930 bits per heavy atom. The van der Waals surface area contributed by atoms with Crippen molar-refractivity contribution in [1.29, 1.82) is 0 Å². The lowest BCUT2D eigenvalue weighted by atomic mass is 9.83. The Morgan fingerprint density at radius 2 is 1.63 bits per heavy atom. The van der Waals surface area contributed by atoms with Crippen LogP contribution in [0.15, 0.2) is 88.7 Å². The maximum absolute atomic E-state index is 14.0. The zero-order valence-corrected chi connectivity index (χ0v) is 25.1. The number of benzene rings is 3. The highest BCUT2D eigenvalue weighted by molar-refractivity contribution is 8.00. The molecule has 218 valence electrons. The summed E-state index contributed by atoms with van der Waals surface area (Å²) < 4.78 is 6.41. The lowest BCUT2D eigenvalue weighted by Crippen LogP contribution is -2.33. The van der Waals surface area contributed by atoms with E-state index in [2.05, 4.69) is 5.32 Å². The zero-order chi connectivity index (χ0) is 30.2. The molecule has 0 saturated carbocycles. The summed E-state index contributed by atoms with van der Waals surface area (Å²) in [6, 6.07) is 22.0. The summed E-state index contributed by atoms with van der Waals surface area (Å²) in [5.74, 6) is -3.07. The van der Waals surface area contributed by atoms with Crippen LogP contribution in [0.3, 0.4) is 0 Å². The smallest absolute Gasteiger partial charge is 0.338 e. The van der Waals surface area contributed by atoms with E-state index in [9.17, 15) is 24.0 Å². The van der Waals surface area contributed by atoms with Gasteiger partial charge in [0.15, 0.2) is 0 Å². The van der Waals surface area contributed by atoms with Gasteiger partial charge >= 0.3 is 10.8 Å². The standard InChI is InChI=1S/C31H24ClN3O6S2/c1-2-41-30(39)18-8-14-21(15-9-18)35-27(37)24-23(17-6-4-3-5-7-17)26-29(42-25(24)28(35)38)34(31(40)43-26)16-22(36)33-20-12-10-19(32)11-13-20/h3-15,23-25H,2,16H2,1H3,(H,33,36)/t23-,24?,25?/m1/s1. The van der Waals surface area contributed by atoms with Crippen molar-refractivity contribution in [2.45, 2.75) is 29.7 Å². The second-order valence-electron chi connectivity index (χ2n) is 9.91. The summed E-state index contributed by atoms with van der Waals surface area (Å²) in [6.07, 6.45) is 0. The van der Waals surface area contributed by atoms with Gasteiger partial charge in [0.1, 0.15) is 11.8 Å². The number of halogens is 1. The molecule has 1 N–H and O–H groups in total. The quantitative estimate of drug-likeness (QED) is 0.220. The van der Waals surface area contributed by atoms with Crippen molar-refractivity contribution in [3.63, 3.8) is 0 Å². The number of hydrogen-bond acceptors (Lipinski definition) is 8. The third-order valence-electron chi connectivity index (χ3n) is 7.27. The number of fused-ring (bicyclic) bond motifs is 2. The Hall–Kier alpha value is -4.19. The first-order valence-corrected chi connectivity index (χ1v) is 15.5. The number of carbonyl (C=O) groups excluding carboxylic acids is 4. The largest absolute Gasteiger partial charge is 0.462 e. The van der Waals surface area contributed by atoms with Crippen LogP contribution >= 0.6 is 34.7 Å². The molecule has 6 rings (SSSR count). The summed E-state index contributed by atoms with van der Waals surface area (Å²) in [4.78, 5) is 67.7. The molecule has 0 aliphatic carbocycles. The van der Waals surface area contributed by atoms with Crippen molar-refractivity contribution in [2.75, 3.05) is 16.8 Å². The topological polar surface area (TPSA) is 115 Å². The summed E-state index contributed by atoms with van der Waals surface area (Å²) in [5, 5.41) is 2.97. The van der Waals surface area contributed by atoms with Crippen LogP contribution < -0.4 is 15.1 Å². The van der Waals surface area contributed by atoms with E-state index in [0.717, 1.165) is 33.6 Å². The first-order chi connectivity index (χ1) is 20.8. The maximum atomic E-state index is 14.0. The summed E-state index contributed by atoms with van der Waals surface area (Å²) in [5.41, 5.74) is 1.97. The molecule has 3 atom stereocenters. The summed E-state index contributed by atoms with van der Waals surface area (Å²) in [6.45, 7) is 1.67. The number of nitrogens with one attached hydrogen (secondary N) is 1. The van der Waals surface area contributed by atoms with Gasteiger partial charge in [-0.1, -0.05) is 65.0 Å². The fourth-order valence-electron chi connectivity index (χ4n) is 5.37. The Morgan fingerprint density at radius 3 is 2.30 bits per heavy atom. The van der Waals surface area contributed by atoms with E-state index in [1.54, 1.807) is 43.3 Å². The monoisotopic (exact) mass is 633 g/mol. The number of thiazole rings is 1. The predicted octanol–water partition coefficient (Wildman–Crippen LogP) is 5.17. The summed E-state index contributed by atoms with van der Waals surface area (Å²) in [7, 11) is 0. The maximum Gasteiger partial charge on any atom is 0.338 e. The zero-order valence-electron chi connectivity index (χ0n) is 22.7. The minimum atomic E-state index is -0.825. The molecule has 3 heterocycles. The van der Waals surface area contributed by atoms with Gasteiger partial charge in [0.25, 0.3) is 0 Å². The van der Waals surface area contributed by atoms with Gasteiger partial charge in [-0.3, -0.25) is 23.7 Å². The number of imide groups is 1. The van der Waals surface area contributed by atoms with Gasteiger partial charge < -0.3 is 10.1 Å². The van der Waals surface area contributed by atoms with Crippen molar-refractivity contribution < 1.29 is 23.9 Å². The first-order valence-electron chi connectivity index (χ1n) is 13.4. The van der Waals surface area contributed by atoms with Gasteiger partial charge in [-0.25, -0.2) is 9.69 Å². The molecule has 0 bridgehead atoms. The molecule has 1 saturated heterocycles. The highest BCUT2D eigenvalue weighted by Crippen LogP contribution is 2.53. The van der Waals surface area contributed by atoms with Gasteiger partial charge in [0.2, 0.25) is 17.7 Å². The highest BCUT2D eigenvalue weighted by atomic mass is 35.5. The van der Waals surface area contributed by atoms with Crippen molar-refractivity contribution in [1.82, 2.24) is 4.57 Å². The van der Waals surface area contributed by atoms with Crippen molar-refractivity contribution >= 4 is 69.8 Å². The number of hydrogen-bond donors (Lipinski definition) is 1. The molecule has 0 spiro atoms. The number of amides is 3. The predicted molar refractivity (Wildman–Crippen MR) is 165 cm³/mol. The molecule has 2 aliphatic rings. The van der Waals surface area contributed by atoms with Crippen LogP contribution in [0, 0.1) is 5.92 Å². The molecule has 12 heteroatoms. The Labute approximate surface area is 259 Å². The van der Waals surface area contributed by atoms with Crippen LogP contribution in [0.1, 0.15) is 33.6 Å². The third kappa shape index (κ3) is 5.39. The Bertz CT molecular complexity index is 1790. The van der Waals surface area contributed by atoms with E-state index < -0.39 is 40.8 Å². The van der Waals surface area contributed by atoms with Crippen molar-refractivity contribution in [2.24, 2.45) is 5.92 Å². The normalized spacial score (nSPS) is 19.1. The van der Waals surface area contributed by atoms with Gasteiger partial charge in [-0.2, -0.15) is 0 Å². The van der Waals surface area contributed by atoms with Crippen LogP contribution in [0.2, 0.25) is 5.02 Å². The van der Waals surface area contributed by atoms with Crippen molar-refractivity contribution in [3.05, 3.63) is 110 Å². The molecule has 1 aromatic heterocycles. The van der Waals surface area contributed by atoms with Crippen LogP contribution in [-0.2, 0) is 25.7 Å². The molecular formula is C31H24ClN3O6S2. The Balaban J connectivity index is 1.35. The molecule has 2 aliphatic heterocycles. The van der Waals surface area contributed by atoms with Crippen LogP contribution in [0.5, 0.6) is 0 Å². The second kappa shape index (κ2) is 11.8. The van der Waals surface area contributed by atoms with Crippen LogP contribution in [0.25, 0.3) is 0 Å². The van der Waals surface area contributed by atoms with E-state index in [4.69, 9.17) is 16.3 Å². The molecular weight excluding hydrogens is 610 g/mol. The van der Waals surface area contributed by atoms with E-state index in [0.29, 0.717) is 31.9 Å². The lowest BCUT2D eigenvalue weighted by Gasteiger charge is -2.30. The number of thioether (sulfide) groups is 1. The minimum absolute atomic E-state index is 0.225. The number of aromatic nitrogens is 1. The number of nitrogens with zero attached hydrogens (tertiary/aromatic N) is 2. The lowest BCUT2D eigenvalue weighted by molar-refractivity contribution is -0.122. The molecule has 0 radical (unpaired) electrons. The van der Waals surface area contributed by atoms with Gasteiger partial charge in [0.05, 0.1) is 28.8 Å². The number of carbonyl (C=O) groups is 4. The minimum Gasteiger partial charge on any atom is -0.462 e. The number of rotatable bonds is 7. The van der Waals surface area contributed by atoms with Crippen molar-refractivity contribution in [3.8, 4) is 0 Å². The number of esters is 1. The van der Waals surface area contributed by atoms with E-state index >= 15 is 0 Å². The van der Waals surface area contributed by atoms with Crippen LogP contribution in [0.4, 0.5) is 11.4 Å². The molecule has 3 aromatic carbocycles. The van der Waals surface area contributed by atoms with E-state index in [-0.39, 0.29) is 18.0 Å². The van der Waals surface area contributed by atoms with Gasteiger partial charge in [-0.15, -0.1) is 0 Å². The fraction of sp³-hybridized carbons (Fsp3) is 0.194. The van der Waals surface area contributed by atoms with Gasteiger partial charge in [-0.05, 0) is 61.0 Å². The molecule has 2 unspecified atom stereocenters. The Kier molecular flexibility index (Phi) is 7.95.